The molecule has 6 heteroatoms. The molecule has 1 heterocycles. The Morgan fingerprint density at radius 1 is 1.50 bits per heavy atom. The van der Waals surface area contributed by atoms with Gasteiger partial charge in [-0.2, -0.15) is 0 Å². The number of likely N-dealkylation sites (N-methyl/N-ethyl adjacent to an activating group) is 1. The van der Waals surface area contributed by atoms with Gasteiger partial charge in [0.2, 0.25) is 5.91 Å². The minimum atomic E-state index is -0.00821. The number of aliphatic hydroxyl groups is 1. The number of thiazole rings is 1. The van der Waals surface area contributed by atoms with Crippen LogP contribution in [-0.4, -0.2) is 47.1 Å². The van der Waals surface area contributed by atoms with Crippen molar-refractivity contribution in [3.05, 3.63) is 11.1 Å². The molecule has 1 aliphatic rings. The number of carbonyl (C=O) groups is 1. The van der Waals surface area contributed by atoms with Crippen molar-refractivity contribution in [2.45, 2.75) is 38.6 Å². The molecule has 1 aromatic rings. The normalized spacial score (nSPS) is 23.0. The van der Waals surface area contributed by atoms with E-state index in [4.69, 9.17) is 5.11 Å². The second kappa shape index (κ2) is 7.15. The van der Waals surface area contributed by atoms with Crippen LogP contribution in [0.15, 0.2) is 5.38 Å². The fourth-order valence-electron chi connectivity index (χ4n) is 2.69. The maximum Gasteiger partial charge on any atom is 0.240 e. The van der Waals surface area contributed by atoms with Crippen molar-refractivity contribution in [1.82, 2.24) is 9.88 Å². The summed E-state index contributed by atoms with van der Waals surface area (Å²) < 4.78 is 0. The lowest BCUT2D eigenvalue weighted by molar-refractivity contribution is -0.117. The molecule has 1 saturated carbocycles. The van der Waals surface area contributed by atoms with Crippen LogP contribution in [0.2, 0.25) is 0 Å². The maximum absolute atomic E-state index is 12.0. The lowest BCUT2D eigenvalue weighted by Gasteiger charge is -2.33. The second-order valence-electron chi connectivity index (χ2n) is 5.61. The van der Waals surface area contributed by atoms with Gasteiger partial charge in [0.15, 0.2) is 5.13 Å². The number of nitrogens with one attached hydrogen (secondary N) is 1. The zero-order valence-corrected chi connectivity index (χ0v) is 12.9. The number of carbonyl (C=O) groups excluding carboxylic acids is 1. The first-order chi connectivity index (χ1) is 9.58. The molecule has 2 rings (SSSR count). The zero-order chi connectivity index (χ0) is 14.5. The highest BCUT2D eigenvalue weighted by molar-refractivity contribution is 7.13. The van der Waals surface area contributed by atoms with E-state index in [1.54, 1.807) is 0 Å². The largest absolute Gasteiger partial charge is 0.396 e. The summed E-state index contributed by atoms with van der Waals surface area (Å²) in [4.78, 5) is 18.3. The Balaban J connectivity index is 1.76. The second-order valence-corrected chi connectivity index (χ2v) is 6.47. The quantitative estimate of drug-likeness (QED) is 0.871. The Bertz CT molecular complexity index is 441. The Labute approximate surface area is 124 Å². The summed E-state index contributed by atoms with van der Waals surface area (Å²) in [7, 11) is 2.00. The van der Waals surface area contributed by atoms with Crippen molar-refractivity contribution in [3.63, 3.8) is 0 Å². The molecule has 1 aromatic heterocycles. The van der Waals surface area contributed by atoms with Gasteiger partial charge in [-0.25, -0.2) is 4.98 Å². The zero-order valence-electron chi connectivity index (χ0n) is 12.1. The topological polar surface area (TPSA) is 65.5 Å². The number of aryl methyl sites for hydroxylation is 1. The van der Waals surface area contributed by atoms with Crippen LogP contribution >= 0.6 is 11.3 Å². The summed E-state index contributed by atoms with van der Waals surface area (Å²) in [6.07, 6.45) is 4.23. The molecule has 0 unspecified atom stereocenters. The van der Waals surface area contributed by atoms with Crippen LogP contribution in [0.1, 0.15) is 31.4 Å². The van der Waals surface area contributed by atoms with E-state index in [-0.39, 0.29) is 5.91 Å². The average Bonchev–Trinajstić information content (AvgIpc) is 2.84. The Hall–Kier alpha value is -0.980. The summed E-state index contributed by atoms with van der Waals surface area (Å²) in [5.74, 6) is 0.443. The standard InChI is InChI=1S/C14H23N3O2S/c1-10-9-20-14(15-10)16-13(19)7-17(2)12-5-3-11(8-18)4-6-12/h9,11-12,18H,3-8H2,1-2H3,(H,15,16,19). The SMILES string of the molecule is Cc1csc(NC(=O)CN(C)C2CCC(CO)CC2)n1. The van der Waals surface area contributed by atoms with E-state index in [1.807, 2.05) is 19.4 Å². The lowest BCUT2D eigenvalue weighted by atomic mass is 9.86. The van der Waals surface area contributed by atoms with Crippen molar-refractivity contribution >= 4 is 22.4 Å². The molecule has 0 spiro atoms. The van der Waals surface area contributed by atoms with Crippen molar-refractivity contribution in [2.24, 2.45) is 5.92 Å². The highest BCUT2D eigenvalue weighted by Crippen LogP contribution is 2.26. The van der Waals surface area contributed by atoms with Crippen LogP contribution in [0.3, 0.4) is 0 Å². The number of amides is 1. The van der Waals surface area contributed by atoms with Crippen molar-refractivity contribution in [2.75, 3.05) is 25.5 Å². The summed E-state index contributed by atoms with van der Waals surface area (Å²) in [5.41, 5.74) is 0.931. The van der Waals surface area contributed by atoms with Crippen molar-refractivity contribution in [1.29, 1.82) is 0 Å². The first-order valence-corrected chi connectivity index (χ1v) is 7.99. The molecular weight excluding hydrogens is 274 g/mol. The molecule has 5 nitrogen and oxygen atoms in total. The molecule has 0 aliphatic heterocycles. The monoisotopic (exact) mass is 297 g/mol. The van der Waals surface area contributed by atoms with Crippen LogP contribution in [0.25, 0.3) is 0 Å². The molecular formula is C14H23N3O2S. The number of rotatable bonds is 5. The molecule has 112 valence electrons. The highest BCUT2D eigenvalue weighted by Gasteiger charge is 2.24. The summed E-state index contributed by atoms with van der Waals surface area (Å²) in [6.45, 7) is 2.60. The predicted octanol–water partition coefficient (Wildman–Crippen LogP) is 1.87. The number of aromatic nitrogens is 1. The fraction of sp³-hybridized carbons (Fsp3) is 0.714. The van der Waals surface area contributed by atoms with Crippen LogP contribution in [0, 0.1) is 12.8 Å². The van der Waals surface area contributed by atoms with Crippen LogP contribution < -0.4 is 5.32 Å². The van der Waals surface area contributed by atoms with Crippen LogP contribution in [0.4, 0.5) is 5.13 Å². The van der Waals surface area contributed by atoms with Gasteiger partial charge in [-0.05, 0) is 45.6 Å². The third-order valence-corrected chi connectivity index (χ3v) is 4.83. The number of aliphatic hydroxyl groups excluding tert-OH is 1. The van der Waals surface area contributed by atoms with E-state index in [1.165, 1.54) is 11.3 Å². The fourth-order valence-corrected chi connectivity index (χ4v) is 3.40. The van der Waals surface area contributed by atoms with E-state index < -0.39 is 0 Å². The van der Waals surface area contributed by atoms with Crippen molar-refractivity contribution in [3.8, 4) is 0 Å². The van der Waals surface area contributed by atoms with Gasteiger partial charge in [-0.3, -0.25) is 9.69 Å². The van der Waals surface area contributed by atoms with E-state index in [9.17, 15) is 4.79 Å². The van der Waals surface area contributed by atoms with Crippen LogP contribution in [0.5, 0.6) is 0 Å². The van der Waals surface area contributed by atoms with Gasteiger partial charge >= 0.3 is 0 Å². The van der Waals surface area contributed by atoms with Gasteiger partial charge in [0, 0.05) is 18.0 Å². The summed E-state index contributed by atoms with van der Waals surface area (Å²) in [6, 6.07) is 0.446. The number of nitrogens with zero attached hydrogens (tertiary/aromatic N) is 2. The number of anilines is 1. The number of hydrogen-bond acceptors (Lipinski definition) is 5. The van der Waals surface area contributed by atoms with E-state index in [0.717, 1.165) is 31.4 Å². The molecule has 0 radical (unpaired) electrons. The van der Waals surface area contributed by atoms with Gasteiger partial charge in [0.05, 0.1) is 12.2 Å². The van der Waals surface area contributed by atoms with Gasteiger partial charge in [-0.15, -0.1) is 11.3 Å². The maximum atomic E-state index is 12.0. The van der Waals surface area contributed by atoms with E-state index in [0.29, 0.717) is 30.2 Å². The minimum absolute atomic E-state index is 0.00821. The predicted molar refractivity (Wildman–Crippen MR) is 80.9 cm³/mol. The lowest BCUT2D eigenvalue weighted by Crippen LogP contribution is -2.40. The Kier molecular flexibility index (Phi) is 5.51. The van der Waals surface area contributed by atoms with E-state index in [2.05, 4.69) is 15.2 Å². The molecule has 1 fully saturated rings. The number of hydrogen-bond donors (Lipinski definition) is 2. The first-order valence-electron chi connectivity index (χ1n) is 7.11. The van der Waals surface area contributed by atoms with Gasteiger partial charge in [0.25, 0.3) is 0 Å². The van der Waals surface area contributed by atoms with Gasteiger partial charge < -0.3 is 10.4 Å². The first kappa shape index (κ1) is 15.4. The summed E-state index contributed by atoms with van der Waals surface area (Å²) in [5, 5.41) is 14.6. The summed E-state index contributed by atoms with van der Waals surface area (Å²) >= 11 is 1.45. The highest BCUT2D eigenvalue weighted by atomic mass is 32.1. The molecule has 20 heavy (non-hydrogen) atoms. The Morgan fingerprint density at radius 3 is 2.75 bits per heavy atom. The molecule has 0 bridgehead atoms. The smallest absolute Gasteiger partial charge is 0.240 e. The molecule has 0 aromatic carbocycles. The molecule has 1 amide bonds. The molecule has 2 N–H and O–H groups in total. The molecule has 1 aliphatic carbocycles. The minimum Gasteiger partial charge on any atom is -0.396 e. The molecule has 0 saturated heterocycles. The average molecular weight is 297 g/mol. The Morgan fingerprint density at radius 2 is 2.20 bits per heavy atom. The van der Waals surface area contributed by atoms with Crippen LogP contribution in [-0.2, 0) is 4.79 Å². The van der Waals surface area contributed by atoms with Gasteiger partial charge in [-0.1, -0.05) is 0 Å². The van der Waals surface area contributed by atoms with Crippen molar-refractivity contribution < 1.29 is 9.90 Å². The van der Waals surface area contributed by atoms with Gasteiger partial charge in [0.1, 0.15) is 0 Å². The third kappa shape index (κ3) is 4.26. The van der Waals surface area contributed by atoms with E-state index >= 15 is 0 Å². The third-order valence-electron chi connectivity index (χ3n) is 3.96. The molecule has 0 atom stereocenters.